The van der Waals surface area contributed by atoms with Gasteiger partial charge >= 0.3 is 18.2 Å². The van der Waals surface area contributed by atoms with Gasteiger partial charge in [0.2, 0.25) is 0 Å². The van der Waals surface area contributed by atoms with Crippen LogP contribution in [0.1, 0.15) is 33.2 Å². The number of aliphatic hydroxyl groups excluding tert-OH is 2. The molecule has 2 aromatic rings. The number of carbonyl (C=O) groups excluding carboxylic acids is 1. The molecular weight excluding hydrogens is 395 g/mol. The summed E-state index contributed by atoms with van der Waals surface area (Å²) in [6.07, 6.45) is -9.46. The lowest BCUT2D eigenvalue weighted by molar-refractivity contribution is -0.137. The van der Waals surface area contributed by atoms with E-state index in [-0.39, 0.29) is 6.61 Å². The lowest BCUT2D eigenvalue weighted by Gasteiger charge is -2.21. The number of aliphatic hydroxyl groups is 2. The molecule has 0 fully saturated rings. The van der Waals surface area contributed by atoms with E-state index in [1.54, 1.807) is 30.3 Å². The van der Waals surface area contributed by atoms with Crippen molar-refractivity contribution in [3.8, 4) is 0 Å². The number of nitrogens with one attached hydrogen (secondary N) is 1. The van der Waals surface area contributed by atoms with Crippen LogP contribution in [0.3, 0.4) is 0 Å². The third kappa shape index (κ3) is 6.19. The maximum atomic E-state index is 12.9. The quantitative estimate of drug-likeness (QED) is 0.555. The molecule has 7 nitrogen and oxygen atoms in total. The van der Waals surface area contributed by atoms with Gasteiger partial charge in [-0.15, -0.1) is 0 Å². The highest BCUT2D eigenvalue weighted by Crippen LogP contribution is 2.33. The molecule has 4 N–H and O–H groups in total. The van der Waals surface area contributed by atoms with Crippen LogP contribution in [0.25, 0.3) is 0 Å². The third-order valence-electron chi connectivity index (χ3n) is 3.96. The molecule has 2 atom stereocenters. The summed E-state index contributed by atoms with van der Waals surface area (Å²) in [4.78, 5) is 22.9. The van der Waals surface area contributed by atoms with Crippen molar-refractivity contribution in [1.82, 2.24) is 5.32 Å². The Balaban J connectivity index is 2.02. The largest absolute Gasteiger partial charge is 0.478 e. The van der Waals surface area contributed by atoms with E-state index in [9.17, 15) is 33.0 Å². The molecule has 1 amide bonds. The highest BCUT2D eigenvalue weighted by atomic mass is 19.4. The van der Waals surface area contributed by atoms with Gasteiger partial charge in [0.15, 0.2) is 0 Å². The number of hydrogen-bond acceptors (Lipinski definition) is 5. The molecule has 0 spiro atoms. The molecular formula is C19H18F3NO6. The van der Waals surface area contributed by atoms with Crippen molar-refractivity contribution in [2.75, 3.05) is 6.54 Å². The second-order valence-electron chi connectivity index (χ2n) is 6.06. The van der Waals surface area contributed by atoms with E-state index in [2.05, 4.69) is 5.32 Å². The number of carbonyl (C=O) groups is 2. The first kappa shape index (κ1) is 22.2. The lowest BCUT2D eigenvalue weighted by atomic mass is 9.96. The molecule has 29 heavy (non-hydrogen) atoms. The van der Waals surface area contributed by atoms with Gasteiger partial charge in [-0.05, 0) is 29.3 Å². The topological polar surface area (TPSA) is 116 Å². The Bertz CT molecular complexity index is 857. The van der Waals surface area contributed by atoms with Gasteiger partial charge in [-0.3, -0.25) is 0 Å². The van der Waals surface area contributed by atoms with Gasteiger partial charge in [0.05, 0.1) is 11.1 Å². The van der Waals surface area contributed by atoms with Gasteiger partial charge in [-0.25, -0.2) is 9.59 Å². The van der Waals surface area contributed by atoms with E-state index < -0.39 is 53.7 Å². The van der Waals surface area contributed by atoms with E-state index in [1.165, 1.54) is 0 Å². The molecule has 156 valence electrons. The van der Waals surface area contributed by atoms with Crippen molar-refractivity contribution in [3.63, 3.8) is 0 Å². The number of benzene rings is 2. The number of amides is 1. The van der Waals surface area contributed by atoms with Crippen molar-refractivity contribution in [2.24, 2.45) is 0 Å². The number of aromatic carboxylic acids is 1. The second-order valence-corrected chi connectivity index (χ2v) is 6.06. The Morgan fingerprint density at radius 3 is 2.31 bits per heavy atom. The summed E-state index contributed by atoms with van der Waals surface area (Å²) in [5.41, 5.74) is -1.70. The fraction of sp³-hybridized carbons (Fsp3) is 0.263. The fourth-order valence-electron chi connectivity index (χ4n) is 2.46. The minimum absolute atomic E-state index is 0.0535. The summed E-state index contributed by atoms with van der Waals surface area (Å²) in [5, 5.41) is 31.4. The monoisotopic (exact) mass is 413 g/mol. The van der Waals surface area contributed by atoms with Crippen LogP contribution in [0, 0.1) is 0 Å². The summed E-state index contributed by atoms with van der Waals surface area (Å²) in [5.74, 6) is -1.57. The maximum absolute atomic E-state index is 12.9. The van der Waals surface area contributed by atoms with Crippen LogP contribution in [-0.4, -0.2) is 40.0 Å². The zero-order valence-electron chi connectivity index (χ0n) is 14.9. The molecule has 0 radical (unpaired) electrons. The van der Waals surface area contributed by atoms with Crippen molar-refractivity contribution in [1.29, 1.82) is 0 Å². The number of hydrogen-bond donors (Lipinski definition) is 4. The van der Waals surface area contributed by atoms with Crippen LogP contribution >= 0.6 is 0 Å². The number of carboxylic acid groups (broad SMARTS) is 1. The molecule has 0 aliphatic carbocycles. The first-order valence-electron chi connectivity index (χ1n) is 8.34. The zero-order chi connectivity index (χ0) is 21.6. The van der Waals surface area contributed by atoms with Crippen molar-refractivity contribution >= 4 is 12.1 Å². The summed E-state index contributed by atoms with van der Waals surface area (Å²) in [6, 6.07) is 10.4. The average molecular weight is 413 g/mol. The Labute approximate surface area is 163 Å². The number of ether oxygens (including phenoxy) is 1. The van der Waals surface area contributed by atoms with Gasteiger partial charge in [-0.2, -0.15) is 13.2 Å². The van der Waals surface area contributed by atoms with Crippen LogP contribution in [0.15, 0.2) is 48.5 Å². The number of alkyl carbamates (subject to hydrolysis) is 1. The van der Waals surface area contributed by atoms with E-state index in [0.29, 0.717) is 23.8 Å². The third-order valence-corrected chi connectivity index (χ3v) is 3.96. The molecule has 0 heterocycles. The van der Waals surface area contributed by atoms with Gasteiger partial charge < -0.3 is 25.4 Å². The molecule has 2 unspecified atom stereocenters. The second kappa shape index (κ2) is 9.39. The Morgan fingerprint density at radius 2 is 1.72 bits per heavy atom. The number of alkyl halides is 3. The molecule has 0 aromatic heterocycles. The summed E-state index contributed by atoms with van der Waals surface area (Å²) >= 11 is 0. The highest BCUT2D eigenvalue weighted by molar-refractivity contribution is 5.89. The first-order chi connectivity index (χ1) is 13.6. The summed E-state index contributed by atoms with van der Waals surface area (Å²) in [7, 11) is 0. The first-order valence-corrected chi connectivity index (χ1v) is 8.34. The van der Waals surface area contributed by atoms with Crippen LogP contribution < -0.4 is 5.32 Å². The number of carboxylic acids is 1. The molecule has 0 aliphatic heterocycles. The van der Waals surface area contributed by atoms with Crippen molar-refractivity contribution < 1.29 is 42.8 Å². The smallest absolute Gasteiger partial charge is 0.416 e. The number of rotatable bonds is 7. The van der Waals surface area contributed by atoms with Crippen LogP contribution in [0.5, 0.6) is 0 Å². The minimum atomic E-state index is -4.77. The minimum Gasteiger partial charge on any atom is -0.478 e. The van der Waals surface area contributed by atoms with E-state index in [1.807, 2.05) is 0 Å². The predicted octanol–water partition coefficient (Wildman–Crippen LogP) is 2.72. The van der Waals surface area contributed by atoms with Gasteiger partial charge in [0.25, 0.3) is 0 Å². The Morgan fingerprint density at radius 1 is 1.07 bits per heavy atom. The molecule has 0 aliphatic rings. The van der Waals surface area contributed by atoms with Crippen LogP contribution in [0.4, 0.5) is 18.0 Å². The Kier molecular flexibility index (Phi) is 7.18. The Hall–Kier alpha value is -3.11. The molecule has 0 bridgehead atoms. The van der Waals surface area contributed by atoms with E-state index >= 15 is 0 Å². The summed E-state index contributed by atoms with van der Waals surface area (Å²) < 4.78 is 43.5. The van der Waals surface area contributed by atoms with Crippen molar-refractivity contribution in [2.45, 2.75) is 25.0 Å². The zero-order valence-corrected chi connectivity index (χ0v) is 14.9. The van der Waals surface area contributed by atoms with E-state index in [0.717, 1.165) is 0 Å². The highest BCUT2D eigenvalue weighted by Gasteiger charge is 2.33. The van der Waals surface area contributed by atoms with E-state index in [4.69, 9.17) is 9.84 Å². The summed E-state index contributed by atoms with van der Waals surface area (Å²) in [6.45, 7) is -0.633. The SMILES string of the molecule is O=C(NCC(O)C(O)c1cc(C(F)(F)F)ccc1C(=O)O)OCc1ccccc1. The standard InChI is InChI=1S/C19H18F3NO6/c20-19(21,22)12-6-7-13(17(26)27)14(8-12)16(25)15(24)9-23-18(28)29-10-11-4-2-1-3-5-11/h1-8,15-16,24-25H,9-10H2,(H,23,28)(H,26,27). The fourth-order valence-corrected chi connectivity index (χ4v) is 2.46. The molecule has 10 heteroatoms. The van der Waals surface area contributed by atoms with Gasteiger partial charge in [0, 0.05) is 6.54 Å². The number of halogens is 3. The lowest BCUT2D eigenvalue weighted by Crippen LogP contribution is -2.36. The average Bonchev–Trinajstić information content (AvgIpc) is 2.69. The normalized spacial score (nSPS) is 13.4. The molecule has 2 aromatic carbocycles. The van der Waals surface area contributed by atoms with Gasteiger partial charge in [0.1, 0.15) is 18.8 Å². The van der Waals surface area contributed by atoms with Crippen molar-refractivity contribution in [3.05, 3.63) is 70.8 Å². The van der Waals surface area contributed by atoms with Gasteiger partial charge in [-0.1, -0.05) is 30.3 Å². The maximum Gasteiger partial charge on any atom is 0.416 e. The predicted molar refractivity (Wildman–Crippen MR) is 94.0 cm³/mol. The molecule has 0 saturated heterocycles. The van der Waals surface area contributed by atoms with Crippen LogP contribution in [0.2, 0.25) is 0 Å². The molecule has 2 rings (SSSR count). The van der Waals surface area contributed by atoms with Crippen LogP contribution in [-0.2, 0) is 17.5 Å². The molecule has 0 saturated carbocycles.